The number of benzene rings is 2. The van der Waals surface area contributed by atoms with Crippen LogP contribution in [-0.2, 0) is 13.0 Å². The molecule has 186 valence electrons. The van der Waals surface area contributed by atoms with Crippen LogP contribution in [-0.4, -0.2) is 40.7 Å². The zero-order valence-electron chi connectivity index (χ0n) is 20.8. The van der Waals surface area contributed by atoms with E-state index in [9.17, 15) is 4.79 Å². The summed E-state index contributed by atoms with van der Waals surface area (Å²) in [5.74, 6) is 2.33. The Morgan fingerprint density at radius 1 is 1.08 bits per heavy atom. The molecule has 0 unspecified atom stereocenters. The summed E-state index contributed by atoms with van der Waals surface area (Å²) in [5, 5.41) is 2.97. The quantitative estimate of drug-likeness (QED) is 0.276. The number of aryl methyl sites for hydroxylation is 1. The van der Waals surface area contributed by atoms with E-state index in [0.29, 0.717) is 25.1 Å². The Kier molecular flexibility index (Phi) is 8.70. The predicted molar refractivity (Wildman–Crippen MR) is 142 cm³/mol. The number of para-hydroxylation sites is 2. The summed E-state index contributed by atoms with van der Waals surface area (Å²) in [6, 6.07) is 17.6. The highest BCUT2D eigenvalue weighted by Crippen LogP contribution is 2.29. The minimum absolute atomic E-state index is 0.128. The van der Waals surface area contributed by atoms with Gasteiger partial charge in [0.05, 0.1) is 30.3 Å². The van der Waals surface area contributed by atoms with Crippen LogP contribution in [0.2, 0.25) is 0 Å². The molecule has 0 radical (unpaired) electrons. The van der Waals surface area contributed by atoms with Crippen LogP contribution >= 0.6 is 0 Å². The summed E-state index contributed by atoms with van der Waals surface area (Å²) in [6.45, 7) is 3.92. The van der Waals surface area contributed by atoms with Gasteiger partial charge in [0.25, 0.3) is 5.91 Å². The second-order valence-electron chi connectivity index (χ2n) is 8.38. The summed E-state index contributed by atoms with van der Waals surface area (Å²) in [5.41, 5.74) is 3.71. The third-order valence-electron chi connectivity index (χ3n) is 5.87. The molecule has 0 bridgehead atoms. The van der Waals surface area contributed by atoms with Gasteiger partial charge in [0, 0.05) is 31.9 Å². The molecule has 0 aliphatic carbocycles. The van der Waals surface area contributed by atoms with E-state index >= 15 is 0 Å². The fourth-order valence-corrected chi connectivity index (χ4v) is 4.11. The third kappa shape index (κ3) is 6.30. The summed E-state index contributed by atoms with van der Waals surface area (Å²) >= 11 is 0. The van der Waals surface area contributed by atoms with Crippen LogP contribution in [0.3, 0.4) is 0 Å². The molecule has 7 nitrogen and oxygen atoms in total. The molecule has 36 heavy (non-hydrogen) atoms. The number of unbranched alkanes of at least 4 members (excludes halogenated alkanes) is 1. The topological polar surface area (TPSA) is 78.3 Å². The van der Waals surface area contributed by atoms with Crippen molar-refractivity contribution < 1.29 is 14.3 Å². The van der Waals surface area contributed by atoms with Crippen molar-refractivity contribution in [2.45, 2.75) is 32.7 Å². The predicted octanol–water partition coefficient (Wildman–Crippen LogP) is 5.30. The van der Waals surface area contributed by atoms with E-state index in [0.717, 1.165) is 53.3 Å². The van der Waals surface area contributed by atoms with Crippen molar-refractivity contribution in [1.29, 1.82) is 0 Å². The molecule has 7 heteroatoms. The standard InChI is InChI=1S/C29H32N4O3/c1-3-9-22-13-14-26(27(20-22)35-2)36-19-7-6-18-33-25-12-5-4-11-24(25)32-28(33)15-17-31-29(34)23-10-8-16-30-21-23/h3-5,8-14,16,20-21H,6-7,15,17-19H2,1-2H3,(H,31,34)/b9-3+. The number of aromatic nitrogens is 3. The van der Waals surface area contributed by atoms with Crippen LogP contribution in [0.5, 0.6) is 11.5 Å². The highest BCUT2D eigenvalue weighted by Gasteiger charge is 2.12. The Balaban J connectivity index is 1.33. The summed E-state index contributed by atoms with van der Waals surface area (Å²) in [4.78, 5) is 21.2. The van der Waals surface area contributed by atoms with Crippen molar-refractivity contribution in [1.82, 2.24) is 19.9 Å². The van der Waals surface area contributed by atoms with E-state index < -0.39 is 0 Å². The molecule has 0 aliphatic heterocycles. The van der Waals surface area contributed by atoms with Crippen LogP contribution in [0.1, 0.15) is 41.5 Å². The first-order chi connectivity index (χ1) is 17.7. The minimum Gasteiger partial charge on any atom is -0.493 e. The van der Waals surface area contributed by atoms with Crippen molar-refractivity contribution in [3.05, 3.63) is 90.0 Å². The van der Waals surface area contributed by atoms with Crippen molar-refractivity contribution in [3.8, 4) is 11.5 Å². The van der Waals surface area contributed by atoms with Crippen LogP contribution in [0.15, 0.2) is 73.1 Å². The van der Waals surface area contributed by atoms with Gasteiger partial charge in [-0.2, -0.15) is 0 Å². The third-order valence-corrected chi connectivity index (χ3v) is 5.87. The van der Waals surface area contributed by atoms with Gasteiger partial charge in [0.1, 0.15) is 5.82 Å². The van der Waals surface area contributed by atoms with Crippen LogP contribution in [0.4, 0.5) is 0 Å². The number of pyridine rings is 1. The van der Waals surface area contributed by atoms with Gasteiger partial charge in [-0.05, 0) is 61.7 Å². The fourth-order valence-electron chi connectivity index (χ4n) is 4.11. The van der Waals surface area contributed by atoms with E-state index in [2.05, 4.69) is 20.9 Å². The van der Waals surface area contributed by atoms with Gasteiger partial charge in [-0.1, -0.05) is 30.4 Å². The number of amides is 1. The first-order valence-corrected chi connectivity index (χ1v) is 12.3. The molecule has 0 saturated heterocycles. The average molecular weight is 485 g/mol. The van der Waals surface area contributed by atoms with E-state index in [1.54, 1.807) is 31.6 Å². The van der Waals surface area contributed by atoms with Gasteiger partial charge < -0.3 is 19.4 Å². The highest BCUT2D eigenvalue weighted by molar-refractivity contribution is 5.93. The Hall–Kier alpha value is -4.13. The number of fused-ring (bicyclic) bond motifs is 1. The van der Waals surface area contributed by atoms with E-state index in [-0.39, 0.29) is 5.91 Å². The van der Waals surface area contributed by atoms with Crippen molar-refractivity contribution in [2.75, 3.05) is 20.3 Å². The number of carbonyl (C=O) groups is 1. The SMILES string of the molecule is C/C=C/c1ccc(OCCCCn2c(CCNC(=O)c3cccnc3)nc3ccccc32)c(OC)c1. The van der Waals surface area contributed by atoms with Gasteiger partial charge >= 0.3 is 0 Å². The van der Waals surface area contributed by atoms with Crippen LogP contribution < -0.4 is 14.8 Å². The maximum Gasteiger partial charge on any atom is 0.252 e. The molecule has 4 aromatic rings. The first-order valence-electron chi connectivity index (χ1n) is 12.3. The number of hydrogen-bond acceptors (Lipinski definition) is 5. The van der Waals surface area contributed by atoms with Crippen molar-refractivity contribution in [2.24, 2.45) is 0 Å². The van der Waals surface area contributed by atoms with Gasteiger partial charge in [0.15, 0.2) is 11.5 Å². The zero-order chi connectivity index (χ0) is 25.2. The zero-order valence-corrected chi connectivity index (χ0v) is 20.8. The summed E-state index contributed by atoms with van der Waals surface area (Å²) < 4.78 is 13.7. The Labute approximate surface area is 211 Å². The summed E-state index contributed by atoms with van der Waals surface area (Å²) in [7, 11) is 1.66. The number of hydrogen-bond donors (Lipinski definition) is 1. The lowest BCUT2D eigenvalue weighted by Crippen LogP contribution is -2.26. The maximum atomic E-state index is 12.3. The maximum absolute atomic E-state index is 12.3. The first kappa shape index (κ1) is 25.0. The van der Waals surface area contributed by atoms with Crippen molar-refractivity contribution >= 4 is 23.0 Å². The Morgan fingerprint density at radius 3 is 2.78 bits per heavy atom. The molecule has 2 heterocycles. The molecule has 0 fully saturated rings. The number of methoxy groups -OCH3 is 1. The molecule has 0 atom stereocenters. The molecule has 0 spiro atoms. The normalized spacial score (nSPS) is 11.2. The number of ether oxygens (including phenoxy) is 2. The molecule has 2 aromatic heterocycles. The van der Waals surface area contributed by atoms with Crippen LogP contribution in [0.25, 0.3) is 17.1 Å². The average Bonchev–Trinajstić information content (AvgIpc) is 3.26. The molecular weight excluding hydrogens is 452 g/mol. The number of nitrogens with one attached hydrogen (secondary N) is 1. The number of imidazole rings is 1. The fraction of sp³-hybridized carbons (Fsp3) is 0.276. The Bertz CT molecular complexity index is 1310. The molecule has 0 saturated carbocycles. The number of rotatable bonds is 12. The lowest BCUT2D eigenvalue weighted by Gasteiger charge is -2.13. The smallest absolute Gasteiger partial charge is 0.252 e. The van der Waals surface area contributed by atoms with E-state index in [1.807, 2.05) is 55.5 Å². The largest absolute Gasteiger partial charge is 0.493 e. The van der Waals surface area contributed by atoms with E-state index in [1.165, 1.54) is 0 Å². The number of nitrogens with zero attached hydrogens (tertiary/aromatic N) is 3. The highest BCUT2D eigenvalue weighted by atomic mass is 16.5. The van der Waals surface area contributed by atoms with Crippen LogP contribution in [0, 0.1) is 0 Å². The molecule has 1 amide bonds. The number of allylic oxidation sites excluding steroid dienone is 1. The second-order valence-corrected chi connectivity index (χ2v) is 8.38. The molecule has 0 aliphatic rings. The lowest BCUT2D eigenvalue weighted by atomic mass is 10.2. The van der Waals surface area contributed by atoms with Gasteiger partial charge in [0.2, 0.25) is 0 Å². The second kappa shape index (κ2) is 12.5. The lowest BCUT2D eigenvalue weighted by molar-refractivity contribution is 0.0953. The van der Waals surface area contributed by atoms with E-state index in [4.69, 9.17) is 14.5 Å². The van der Waals surface area contributed by atoms with Gasteiger partial charge in [-0.3, -0.25) is 9.78 Å². The van der Waals surface area contributed by atoms with Gasteiger partial charge in [-0.25, -0.2) is 4.98 Å². The monoisotopic (exact) mass is 484 g/mol. The molecule has 4 rings (SSSR count). The molecule has 2 aromatic carbocycles. The summed E-state index contributed by atoms with van der Waals surface area (Å²) in [6.07, 6.45) is 9.73. The Morgan fingerprint density at radius 2 is 1.97 bits per heavy atom. The molecule has 1 N–H and O–H groups in total. The van der Waals surface area contributed by atoms with Crippen molar-refractivity contribution in [3.63, 3.8) is 0 Å². The van der Waals surface area contributed by atoms with Gasteiger partial charge in [-0.15, -0.1) is 0 Å². The molecular formula is C29H32N4O3. The minimum atomic E-state index is -0.128. The number of carbonyl (C=O) groups excluding carboxylic acids is 1.